The highest BCUT2D eigenvalue weighted by atomic mass is 16.2. The first-order valence-electron chi connectivity index (χ1n) is 6.35. The van der Waals surface area contributed by atoms with Crippen LogP contribution in [0.3, 0.4) is 0 Å². The van der Waals surface area contributed by atoms with Crippen LogP contribution in [-0.2, 0) is 4.79 Å². The number of nitrogens with zero attached hydrogens (tertiary/aromatic N) is 1. The molecule has 0 aromatic carbocycles. The van der Waals surface area contributed by atoms with E-state index in [1.807, 2.05) is 4.90 Å². The first-order valence-corrected chi connectivity index (χ1v) is 6.35. The topological polar surface area (TPSA) is 32.3 Å². The number of nitrogens with one attached hydrogen (secondary N) is 1. The molecule has 0 aromatic rings. The number of carbonyl (C=O) groups is 1. The predicted molar refractivity (Wildman–Crippen MR) is 60.6 cm³/mol. The van der Waals surface area contributed by atoms with E-state index in [1.54, 1.807) is 0 Å². The highest BCUT2D eigenvalue weighted by Crippen LogP contribution is 2.17. The van der Waals surface area contributed by atoms with Crippen molar-refractivity contribution in [1.82, 2.24) is 10.2 Å². The van der Waals surface area contributed by atoms with Crippen molar-refractivity contribution < 1.29 is 4.79 Å². The maximum atomic E-state index is 11.7. The van der Waals surface area contributed by atoms with Crippen LogP contribution in [0.1, 0.15) is 38.5 Å². The lowest BCUT2D eigenvalue weighted by Gasteiger charge is -2.15. The zero-order valence-corrected chi connectivity index (χ0v) is 9.50. The smallest absolute Gasteiger partial charge is 0.222 e. The third-order valence-corrected chi connectivity index (χ3v) is 3.62. The number of hydrogen-bond donors (Lipinski definition) is 1. The van der Waals surface area contributed by atoms with Gasteiger partial charge >= 0.3 is 0 Å². The maximum absolute atomic E-state index is 11.7. The van der Waals surface area contributed by atoms with Crippen LogP contribution in [0.5, 0.6) is 0 Å². The van der Waals surface area contributed by atoms with Crippen molar-refractivity contribution in [2.75, 3.05) is 26.2 Å². The first-order chi connectivity index (χ1) is 7.36. The van der Waals surface area contributed by atoms with E-state index in [4.69, 9.17) is 0 Å². The van der Waals surface area contributed by atoms with E-state index in [-0.39, 0.29) is 0 Å². The summed E-state index contributed by atoms with van der Waals surface area (Å²) in [5.41, 5.74) is 0. The van der Waals surface area contributed by atoms with Crippen LogP contribution < -0.4 is 5.32 Å². The van der Waals surface area contributed by atoms with Crippen LogP contribution in [-0.4, -0.2) is 37.0 Å². The zero-order valence-electron chi connectivity index (χ0n) is 9.50. The molecule has 2 saturated heterocycles. The molecule has 1 unspecified atom stereocenters. The molecule has 3 nitrogen and oxygen atoms in total. The van der Waals surface area contributed by atoms with Gasteiger partial charge in [0.1, 0.15) is 0 Å². The Balaban J connectivity index is 1.58. The van der Waals surface area contributed by atoms with Gasteiger partial charge in [-0.25, -0.2) is 0 Å². The number of amides is 1. The van der Waals surface area contributed by atoms with Crippen LogP contribution in [0.25, 0.3) is 0 Å². The second-order valence-corrected chi connectivity index (χ2v) is 4.84. The summed E-state index contributed by atoms with van der Waals surface area (Å²) in [6.07, 6.45) is 6.80. The predicted octanol–water partition coefficient (Wildman–Crippen LogP) is 1.39. The molecule has 3 heteroatoms. The third-order valence-electron chi connectivity index (χ3n) is 3.62. The van der Waals surface area contributed by atoms with Crippen LogP contribution in [0, 0.1) is 5.92 Å². The van der Waals surface area contributed by atoms with Gasteiger partial charge in [0.25, 0.3) is 0 Å². The van der Waals surface area contributed by atoms with Crippen LogP contribution >= 0.6 is 0 Å². The molecular formula is C12H22N2O. The zero-order chi connectivity index (χ0) is 10.5. The molecule has 1 atom stereocenters. The fourth-order valence-electron chi connectivity index (χ4n) is 2.63. The lowest BCUT2D eigenvalue weighted by atomic mass is 10.0. The van der Waals surface area contributed by atoms with Gasteiger partial charge in [0.15, 0.2) is 0 Å². The molecule has 2 heterocycles. The van der Waals surface area contributed by atoms with Gasteiger partial charge in [-0.15, -0.1) is 0 Å². The lowest BCUT2D eigenvalue weighted by Crippen LogP contribution is -2.27. The highest BCUT2D eigenvalue weighted by Gasteiger charge is 2.18. The Morgan fingerprint density at radius 1 is 1.33 bits per heavy atom. The number of likely N-dealkylation sites (tertiary alicyclic amines) is 1. The van der Waals surface area contributed by atoms with Crippen LogP contribution in [0.4, 0.5) is 0 Å². The minimum atomic E-state index is 0.387. The fourth-order valence-corrected chi connectivity index (χ4v) is 2.63. The van der Waals surface area contributed by atoms with Gasteiger partial charge in [-0.05, 0) is 51.1 Å². The first kappa shape index (κ1) is 10.9. The Kier molecular flexibility index (Phi) is 4.01. The Morgan fingerprint density at radius 2 is 2.13 bits per heavy atom. The van der Waals surface area contributed by atoms with E-state index in [0.717, 1.165) is 38.4 Å². The standard InChI is InChI=1S/C12H22N2O/c15-12(14-8-1-2-9-14)5-3-4-11-6-7-13-10-11/h11,13H,1-10H2. The normalized spacial score (nSPS) is 26.1. The Labute approximate surface area is 92.2 Å². The molecule has 2 aliphatic rings. The van der Waals surface area contributed by atoms with Crippen molar-refractivity contribution in [3.05, 3.63) is 0 Å². The van der Waals surface area contributed by atoms with Gasteiger partial charge in [0.05, 0.1) is 0 Å². The molecule has 2 aliphatic heterocycles. The summed E-state index contributed by atoms with van der Waals surface area (Å²) in [5, 5.41) is 3.37. The van der Waals surface area contributed by atoms with Crippen molar-refractivity contribution in [3.8, 4) is 0 Å². The summed E-state index contributed by atoms with van der Waals surface area (Å²) >= 11 is 0. The third kappa shape index (κ3) is 3.20. The van der Waals surface area contributed by atoms with Crippen LogP contribution in [0.2, 0.25) is 0 Å². The SMILES string of the molecule is O=C(CCCC1CCNC1)N1CCCC1. The molecule has 1 amide bonds. The second-order valence-electron chi connectivity index (χ2n) is 4.84. The molecule has 15 heavy (non-hydrogen) atoms. The van der Waals surface area contributed by atoms with Gasteiger partial charge in [0.2, 0.25) is 5.91 Å². The van der Waals surface area contributed by atoms with E-state index >= 15 is 0 Å². The van der Waals surface area contributed by atoms with Crippen molar-refractivity contribution >= 4 is 5.91 Å². The lowest BCUT2D eigenvalue weighted by molar-refractivity contribution is -0.130. The molecule has 0 aromatic heterocycles. The average molecular weight is 210 g/mol. The summed E-state index contributed by atoms with van der Waals surface area (Å²) in [7, 11) is 0. The minimum Gasteiger partial charge on any atom is -0.343 e. The highest BCUT2D eigenvalue weighted by molar-refractivity contribution is 5.76. The molecule has 0 spiro atoms. The summed E-state index contributed by atoms with van der Waals surface area (Å²) < 4.78 is 0. The molecule has 86 valence electrons. The molecule has 0 saturated carbocycles. The Morgan fingerprint density at radius 3 is 2.80 bits per heavy atom. The summed E-state index contributed by atoms with van der Waals surface area (Å²) in [4.78, 5) is 13.8. The van der Waals surface area contributed by atoms with Gasteiger partial charge in [-0.1, -0.05) is 0 Å². The molecule has 2 fully saturated rings. The van der Waals surface area contributed by atoms with E-state index < -0.39 is 0 Å². The minimum absolute atomic E-state index is 0.387. The van der Waals surface area contributed by atoms with Gasteiger partial charge < -0.3 is 10.2 Å². The maximum Gasteiger partial charge on any atom is 0.222 e. The van der Waals surface area contributed by atoms with Crippen molar-refractivity contribution in [3.63, 3.8) is 0 Å². The monoisotopic (exact) mass is 210 g/mol. The largest absolute Gasteiger partial charge is 0.343 e. The molecule has 0 aliphatic carbocycles. The van der Waals surface area contributed by atoms with E-state index in [0.29, 0.717) is 5.91 Å². The number of carbonyl (C=O) groups excluding carboxylic acids is 1. The molecule has 2 rings (SSSR count). The fraction of sp³-hybridized carbons (Fsp3) is 0.917. The number of rotatable bonds is 4. The van der Waals surface area contributed by atoms with Gasteiger partial charge in [-0.2, -0.15) is 0 Å². The Hall–Kier alpha value is -0.570. The second kappa shape index (κ2) is 5.50. The molecule has 1 N–H and O–H groups in total. The van der Waals surface area contributed by atoms with Crippen LogP contribution in [0.15, 0.2) is 0 Å². The van der Waals surface area contributed by atoms with E-state index in [2.05, 4.69) is 5.32 Å². The van der Waals surface area contributed by atoms with Crippen molar-refractivity contribution in [2.45, 2.75) is 38.5 Å². The van der Waals surface area contributed by atoms with Crippen molar-refractivity contribution in [2.24, 2.45) is 5.92 Å². The molecule has 0 radical (unpaired) electrons. The van der Waals surface area contributed by atoms with Gasteiger partial charge in [-0.3, -0.25) is 4.79 Å². The summed E-state index contributed by atoms with van der Waals surface area (Å²) in [6, 6.07) is 0. The van der Waals surface area contributed by atoms with E-state index in [9.17, 15) is 4.79 Å². The van der Waals surface area contributed by atoms with Crippen molar-refractivity contribution in [1.29, 1.82) is 0 Å². The Bertz CT molecular complexity index is 206. The van der Waals surface area contributed by atoms with Gasteiger partial charge in [0, 0.05) is 19.5 Å². The average Bonchev–Trinajstić information content (AvgIpc) is 2.90. The quantitative estimate of drug-likeness (QED) is 0.760. The molecular weight excluding hydrogens is 188 g/mol. The summed E-state index contributed by atoms with van der Waals surface area (Å²) in [5.74, 6) is 1.22. The number of hydrogen-bond acceptors (Lipinski definition) is 2. The van der Waals surface area contributed by atoms with E-state index in [1.165, 1.54) is 32.2 Å². The summed E-state index contributed by atoms with van der Waals surface area (Å²) in [6.45, 7) is 4.34. The molecule has 0 bridgehead atoms.